The van der Waals surface area contributed by atoms with E-state index in [1.54, 1.807) is 42.7 Å². The number of phosphoric acid groups is 1. The number of phenols is 2. The van der Waals surface area contributed by atoms with Gasteiger partial charge >= 0.3 is 24.8 Å². The summed E-state index contributed by atoms with van der Waals surface area (Å²) in [6.07, 6.45) is 0.237. The van der Waals surface area contributed by atoms with Crippen LogP contribution in [0, 0.1) is 11.3 Å². The molecule has 77 heavy (non-hydrogen) atoms. The average Bonchev–Trinajstić information content (AvgIpc) is 3.78. The maximum Gasteiger partial charge on any atom is 0.472 e. The van der Waals surface area contributed by atoms with E-state index in [9.17, 15) is 38.8 Å². The van der Waals surface area contributed by atoms with Gasteiger partial charge in [0.25, 0.3) is 5.56 Å². The molecule has 0 bridgehead atoms. The predicted molar refractivity (Wildman–Crippen MR) is 286 cm³/mol. The van der Waals surface area contributed by atoms with Crippen molar-refractivity contribution in [3.8, 4) is 28.9 Å². The van der Waals surface area contributed by atoms with Gasteiger partial charge in [0.2, 0.25) is 1.43 Å². The number of nitriles is 1. The molecular formula is C46H52N9O17PS4. The molecule has 3 fully saturated rings. The highest BCUT2D eigenvalue weighted by atomic mass is 32.2. The summed E-state index contributed by atoms with van der Waals surface area (Å²) in [5.41, 5.74) is -0.102. The summed E-state index contributed by atoms with van der Waals surface area (Å²) in [6.45, 7) is -0.0364. The second-order valence-corrected chi connectivity index (χ2v) is 21.3. The van der Waals surface area contributed by atoms with Gasteiger partial charge in [0, 0.05) is 84.3 Å². The number of thiol groups is 2. The maximum atomic E-state index is 12.2. The lowest BCUT2D eigenvalue weighted by atomic mass is 10.1. The molecule has 5 aromatic heterocycles. The second-order valence-electron chi connectivity index (χ2n) is 16.5. The Morgan fingerprint density at radius 1 is 0.961 bits per heavy atom. The molecule has 31 heteroatoms. The summed E-state index contributed by atoms with van der Waals surface area (Å²) >= 11 is 12.5. The Kier molecular flexibility index (Phi) is 19.8. The van der Waals surface area contributed by atoms with Crippen LogP contribution in [-0.2, 0) is 45.8 Å². The van der Waals surface area contributed by atoms with Crippen LogP contribution in [-0.4, -0.2) is 146 Å². The fourth-order valence-electron chi connectivity index (χ4n) is 7.41. The Morgan fingerprint density at radius 3 is 2.09 bits per heavy atom. The van der Waals surface area contributed by atoms with Gasteiger partial charge in [-0.1, -0.05) is 10.4 Å². The number of methoxy groups -OCH3 is 1. The summed E-state index contributed by atoms with van der Waals surface area (Å²) in [4.78, 5) is 59.4. The molecule has 412 valence electrons. The first kappa shape index (κ1) is 56.0. The van der Waals surface area contributed by atoms with Crippen molar-refractivity contribution in [2.75, 3.05) is 43.8 Å². The Balaban J connectivity index is 0.000000167. The number of rotatable bonds is 17. The van der Waals surface area contributed by atoms with Crippen LogP contribution in [0.5, 0.6) is 11.5 Å². The molecule has 3 aliphatic heterocycles. The van der Waals surface area contributed by atoms with Gasteiger partial charge in [0.1, 0.15) is 46.3 Å². The zero-order valence-electron chi connectivity index (χ0n) is 42.7. The number of hydrogen-bond donors (Lipinski definition) is 7. The predicted octanol–water partition coefficient (Wildman–Crippen LogP) is 3.51. The Morgan fingerprint density at radius 2 is 1.57 bits per heavy atom. The van der Waals surface area contributed by atoms with Crippen LogP contribution >= 0.6 is 56.6 Å². The first-order chi connectivity index (χ1) is 38.0. The molecule has 5 N–H and O–H groups in total. The van der Waals surface area contributed by atoms with E-state index in [1.165, 1.54) is 54.0 Å². The van der Waals surface area contributed by atoms with Crippen LogP contribution in [0.3, 0.4) is 0 Å². The molecule has 3 aliphatic rings. The average molecular weight is 1170 g/mol. The number of aromatic nitrogens is 8. The number of aliphatic hydroxyl groups is 1. The van der Waals surface area contributed by atoms with Gasteiger partial charge in [-0.05, 0) is 43.3 Å². The van der Waals surface area contributed by atoms with E-state index in [0.29, 0.717) is 57.5 Å². The van der Waals surface area contributed by atoms with Crippen LogP contribution in [0.15, 0.2) is 101 Å². The van der Waals surface area contributed by atoms with E-state index < -0.39 is 54.9 Å². The van der Waals surface area contributed by atoms with Crippen molar-refractivity contribution < 1.29 is 63.0 Å². The van der Waals surface area contributed by atoms with Gasteiger partial charge in [0.05, 0.1) is 63.0 Å². The van der Waals surface area contributed by atoms with Gasteiger partial charge in [-0.3, -0.25) is 23.4 Å². The summed E-state index contributed by atoms with van der Waals surface area (Å²) < 4.78 is 71.8. The van der Waals surface area contributed by atoms with Crippen LogP contribution in [0.1, 0.15) is 32.3 Å². The smallest absolute Gasteiger partial charge is 0.472 e. The van der Waals surface area contributed by atoms with Crippen LogP contribution in [0.4, 0.5) is 0 Å². The topological polar surface area (TPSA) is 354 Å². The number of benzene rings is 2. The lowest BCUT2D eigenvalue weighted by molar-refractivity contribution is -0.0516. The number of aromatic hydroxyl groups is 2. The van der Waals surface area contributed by atoms with Crippen LogP contribution in [0.25, 0.3) is 33.3 Å². The molecular weight excluding hydrogens is 1110 g/mol. The zero-order chi connectivity index (χ0) is 56.8. The minimum atomic E-state index is -4.55. The lowest BCUT2D eigenvalue weighted by Gasteiger charge is -2.24. The van der Waals surface area contributed by atoms with Crippen LogP contribution in [0.2, 0.25) is 0 Å². The number of fused-ring (bicyclic) bond motifs is 2. The number of phenolic OH excluding ortho intramolecular Hbond substituents is 2. The van der Waals surface area contributed by atoms with Crippen LogP contribution < -0.4 is 22.5 Å². The van der Waals surface area contributed by atoms with E-state index in [-0.39, 0.29) is 60.3 Å². The third kappa shape index (κ3) is 15.5. The van der Waals surface area contributed by atoms with Gasteiger partial charge in [-0.15, -0.1) is 10.2 Å². The van der Waals surface area contributed by atoms with E-state index in [2.05, 4.69) is 60.5 Å². The van der Waals surface area contributed by atoms with E-state index in [4.69, 9.17) is 40.4 Å². The number of aliphatic hydroxyl groups excluding tert-OH is 1. The number of H-pyrrole nitrogens is 1. The normalized spacial score (nSPS) is 22.0. The molecule has 0 spiro atoms. The van der Waals surface area contributed by atoms with E-state index in [1.807, 2.05) is 23.5 Å². The highest BCUT2D eigenvalue weighted by Crippen LogP contribution is 2.49. The van der Waals surface area contributed by atoms with Crippen molar-refractivity contribution in [1.82, 2.24) is 39.5 Å². The molecule has 9 atom stereocenters. The molecule has 10 rings (SSSR count). The van der Waals surface area contributed by atoms with E-state index >= 15 is 0 Å². The highest BCUT2D eigenvalue weighted by Gasteiger charge is 2.48. The van der Waals surface area contributed by atoms with Crippen molar-refractivity contribution in [3.63, 3.8) is 0 Å². The molecule has 2 unspecified atom stereocenters. The summed E-state index contributed by atoms with van der Waals surface area (Å²) in [6, 6.07) is 15.3. The van der Waals surface area contributed by atoms with Crippen molar-refractivity contribution in [1.29, 1.82) is 6.69 Å². The molecule has 0 saturated carbocycles. The number of nitrogens with one attached hydrogen (secondary N) is 1. The fraction of sp³-hybridized carbons (Fsp3) is 0.413. The molecule has 0 aliphatic carbocycles. The summed E-state index contributed by atoms with van der Waals surface area (Å²) in [7, 11) is -1.98. The minimum absolute atomic E-state index is 0.0381. The number of phosphoric ester groups is 1. The SMILES string of the molecule is O=c1oc2cc(O)ccc2cc1-n1cc(CO[C@@H]2CSC[C@@H]2S)nn1.O=c1oc2cc(O)ccc2cc1-n1cc(CO[C@H](CS)[C@H]2CS2)nn1.[2H]C[C@H]1O[C@@H](n2ccc(=O)[nH]c2=O)[C@@H](OC)C1OP(=O)(O)OCCC#N.[3H]OC. The number of aromatic amines is 1. The quantitative estimate of drug-likeness (QED) is 0.0225. The Labute approximate surface area is 458 Å². The highest BCUT2D eigenvalue weighted by molar-refractivity contribution is 8.07. The monoisotopic (exact) mass is 1160 g/mol. The zero-order valence-corrected chi connectivity index (χ0v) is 45.0. The third-order valence-electron chi connectivity index (χ3n) is 11.2. The molecule has 0 amide bonds. The Hall–Kier alpha value is -5.78. The van der Waals surface area contributed by atoms with Gasteiger partial charge in [-0.2, -0.15) is 54.0 Å². The summed E-state index contributed by atoms with van der Waals surface area (Å²) in [5.74, 6) is 3.74. The lowest BCUT2D eigenvalue weighted by Crippen LogP contribution is -2.39. The molecule has 3 saturated heterocycles. The largest absolute Gasteiger partial charge is 0.508 e. The maximum absolute atomic E-state index is 12.2. The number of hydrogen-bond acceptors (Lipinski definition) is 25. The van der Waals surface area contributed by atoms with Gasteiger partial charge in [0.15, 0.2) is 17.6 Å². The van der Waals surface area contributed by atoms with Crippen molar-refractivity contribution in [2.24, 2.45) is 0 Å². The first-order valence-electron chi connectivity index (χ1n) is 24.0. The van der Waals surface area contributed by atoms with Gasteiger partial charge < -0.3 is 48.0 Å². The fourth-order valence-corrected chi connectivity index (χ4v) is 11.4. The first-order valence-corrected chi connectivity index (χ1v) is 27.7. The molecule has 2 aromatic carbocycles. The molecule has 7 aromatic rings. The minimum Gasteiger partial charge on any atom is -0.508 e. The number of ether oxygens (including phenoxy) is 4. The van der Waals surface area contributed by atoms with E-state index in [0.717, 1.165) is 27.9 Å². The Bertz CT molecular complexity index is 3370. The van der Waals surface area contributed by atoms with Gasteiger partial charge in [-0.25, -0.2) is 28.3 Å². The van der Waals surface area contributed by atoms with Crippen molar-refractivity contribution in [3.05, 3.63) is 126 Å². The summed E-state index contributed by atoms with van der Waals surface area (Å²) in [5, 5.41) is 49.1. The number of thioether (sulfide) groups is 2. The second kappa shape index (κ2) is 27.2. The molecule has 8 heterocycles. The molecule has 26 nitrogen and oxygen atoms in total. The van der Waals surface area contributed by atoms with Crippen molar-refractivity contribution >= 4 is 78.5 Å². The van der Waals surface area contributed by atoms with Crippen molar-refractivity contribution in [2.45, 2.75) is 73.8 Å². The standard InChI is InChI=1S/2C16H15N3O4S2.C13H18N3O8P.CH4O/c20-11-2-1-9-3-12(16(21)23-13(9)4-11)19-5-10(17-18-19)6-22-14-7-25-8-15(14)24;20-11-2-1-9-3-12(16(21)23-13(9)4-11)19-5-10(17-18-19)6-22-14(7-24)15-8-25-15;1-8-10(24-25(19,20)22-7-3-5-14)11(21-2)12(23-8)16-6-4-9(17)15-13(16)18;1-2/h2*1-5,14-15,20,24H,6-8H2;4,6,8,10-12H,3,7H2,1-2H3,(H,19,20)(H,15,17,18);2H,1H3/t14-,15+;14-,15-;8-,10?,11+,12-;/m111./s1/i;;1D;2T. The molecule has 0 radical (unpaired) electrons. The third-order valence-corrected chi connectivity index (χ3v) is 15.5. The number of nitrogens with zero attached hydrogens (tertiary/aromatic N) is 8.